The predicted molar refractivity (Wildman–Crippen MR) is 99.1 cm³/mol. The second-order valence-corrected chi connectivity index (χ2v) is 6.65. The fourth-order valence-electron chi connectivity index (χ4n) is 3.47. The number of aromatic nitrogens is 2. The maximum atomic E-state index is 12.8. The minimum atomic E-state index is -0.608. The van der Waals surface area contributed by atoms with E-state index in [9.17, 15) is 9.59 Å². The second-order valence-electron chi connectivity index (χ2n) is 6.65. The Morgan fingerprint density at radius 2 is 2.00 bits per heavy atom. The lowest BCUT2D eigenvalue weighted by molar-refractivity contribution is -0.127. The zero-order valence-corrected chi connectivity index (χ0v) is 14.7. The largest absolute Gasteiger partial charge is 0.461 e. The standard InChI is InChI=1S/C20H16N4O4/c25-19-16(8-12-10-21-15-5-2-1-4-14(12)15)22-20(26)24(19)11-13-9-18(28-23-13)17-6-3-7-27-17/h1-7,9-10,16,21H,8,11H2,(H,22,26)/t16-/m1/s1. The van der Waals surface area contributed by atoms with Crippen LogP contribution in [0.1, 0.15) is 11.3 Å². The average molecular weight is 376 g/mol. The summed E-state index contributed by atoms with van der Waals surface area (Å²) in [6, 6.07) is 12.0. The minimum Gasteiger partial charge on any atom is -0.461 e. The van der Waals surface area contributed by atoms with Gasteiger partial charge in [-0.05, 0) is 23.8 Å². The van der Waals surface area contributed by atoms with Crippen LogP contribution in [0, 0.1) is 0 Å². The Hall–Kier alpha value is -3.81. The number of nitrogens with zero attached hydrogens (tertiary/aromatic N) is 2. The van der Waals surface area contributed by atoms with Crippen molar-refractivity contribution in [1.29, 1.82) is 0 Å². The number of aromatic amines is 1. The summed E-state index contributed by atoms with van der Waals surface area (Å²) in [7, 11) is 0. The van der Waals surface area contributed by atoms with E-state index >= 15 is 0 Å². The number of nitrogens with one attached hydrogen (secondary N) is 2. The van der Waals surface area contributed by atoms with Gasteiger partial charge in [-0.2, -0.15) is 0 Å². The Balaban J connectivity index is 1.32. The molecule has 4 aromatic rings. The summed E-state index contributed by atoms with van der Waals surface area (Å²) in [5.74, 6) is 0.702. The highest BCUT2D eigenvalue weighted by molar-refractivity contribution is 6.04. The molecule has 0 saturated carbocycles. The van der Waals surface area contributed by atoms with Crippen LogP contribution in [0.3, 0.4) is 0 Å². The normalized spacial score (nSPS) is 16.9. The Labute approximate surface area is 159 Å². The molecule has 1 aliphatic rings. The van der Waals surface area contributed by atoms with E-state index in [1.165, 1.54) is 6.26 Å². The molecule has 0 radical (unpaired) electrons. The zero-order chi connectivity index (χ0) is 19.1. The van der Waals surface area contributed by atoms with Gasteiger partial charge < -0.3 is 19.2 Å². The minimum absolute atomic E-state index is 0.0409. The molecule has 2 N–H and O–H groups in total. The van der Waals surface area contributed by atoms with Gasteiger partial charge in [-0.1, -0.05) is 23.4 Å². The van der Waals surface area contributed by atoms with Crippen LogP contribution < -0.4 is 5.32 Å². The number of carbonyl (C=O) groups is 2. The van der Waals surface area contributed by atoms with E-state index < -0.39 is 12.1 Å². The number of carbonyl (C=O) groups excluding carboxylic acids is 2. The first-order valence-electron chi connectivity index (χ1n) is 8.85. The van der Waals surface area contributed by atoms with Gasteiger partial charge in [0.05, 0.1) is 12.8 Å². The number of benzene rings is 1. The van der Waals surface area contributed by atoms with Crippen LogP contribution in [0.25, 0.3) is 22.4 Å². The van der Waals surface area contributed by atoms with Gasteiger partial charge in [0.25, 0.3) is 5.91 Å². The van der Waals surface area contributed by atoms with Gasteiger partial charge in [0.2, 0.25) is 5.76 Å². The molecule has 1 aromatic carbocycles. The third-order valence-electron chi connectivity index (χ3n) is 4.85. The Bertz CT molecular complexity index is 1160. The van der Waals surface area contributed by atoms with Gasteiger partial charge in [-0.15, -0.1) is 0 Å². The summed E-state index contributed by atoms with van der Waals surface area (Å²) in [4.78, 5) is 29.5. The van der Waals surface area contributed by atoms with Gasteiger partial charge in [0, 0.05) is 29.6 Å². The highest BCUT2D eigenvalue weighted by atomic mass is 16.5. The van der Waals surface area contributed by atoms with Crippen LogP contribution in [0.4, 0.5) is 4.79 Å². The second kappa shape index (κ2) is 6.41. The SMILES string of the molecule is O=C1N[C@H](Cc2c[nH]c3ccccc23)C(=O)N1Cc1cc(-c2ccco2)on1. The van der Waals surface area contributed by atoms with Crippen LogP contribution in [0.2, 0.25) is 0 Å². The smallest absolute Gasteiger partial charge is 0.325 e. The van der Waals surface area contributed by atoms with E-state index in [4.69, 9.17) is 8.94 Å². The highest BCUT2D eigenvalue weighted by Gasteiger charge is 2.38. The molecular formula is C20H16N4O4. The number of furan rings is 1. The Kier molecular flexibility index (Phi) is 3.75. The summed E-state index contributed by atoms with van der Waals surface area (Å²) in [6.45, 7) is 0.0409. The van der Waals surface area contributed by atoms with Crippen molar-refractivity contribution in [2.24, 2.45) is 0 Å². The number of para-hydroxylation sites is 1. The van der Waals surface area contributed by atoms with E-state index in [1.54, 1.807) is 18.2 Å². The number of amides is 3. The van der Waals surface area contributed by atoms with Crippen molar-refractivity contribution in [3.05, 3.63) is 66.2 Å². The third kappa shape index (κ3) is 2.75. The molecule has 140 valence electrons. The molecule has 3 aromatic heterocycles. The number of H-pyrrole nitrogens is 1. The number of hydrogen-bond donors (Lipinski definition) is 2. The maximum Gasteiger partial charge on any atom is 0.325 e. The number of hydrogen-bond acceptors (Lipinski definition) is 5. The number of fused-ring (bicyclic) bond motifs is 1. The highest BCUT2D eigenvalue weighted by Crippen LogP contribution is 2.24. The predicted octanol–water partition coefficient (Wildman–Crippen LogP) is 3.08. The lowest BCUT2D eigenvalue weighted by Gasteiger charge is -2.10. The van der Waals surface area contributed by atoms with Crippen LogP contribution in [0.15, 0.2) is 63.9 Å². The zero-order valence-electron chi connectivity index (χ0n) is 14.7. The Morgan fingerprint density at radius 3 is 2.86 bits per heavy atom. The van der Waals surface area contributed by atoms with E-state index in [2.05, 4.69) is 15.5 Å². The molecule has 4 heterocycles. The maximum absolute atomic E-state index is 12.8. The number of imide groups is 1. The lowest BCUT2D eigenvalue weighted by atomic mass is 10.1. The van der Waals surface area contributed by atoms with Crippen LogP contribution in [-0.2, 0) is 17.8 Å². The van der Waals surface area contributed by atoms with E-state index in [0.717, 1.165) is 21.4 Å². The lowest BCUT2D eigenvalue weighted by Crippen LogP contribution is -2.32. The molecular weight excluding hydrogens is 360 g/mol. The summed E-state index contributed by atoms with van der Waals surface area (Å²) < 4.78 is 10.5. The molecule has 8 nitrogen and oxygen atoms in total. The van der Waals surface area contributed by atoms with Gasteiger partial charge in [0.15, 0.2) is 5.76 Å². The van der Waals surface area contributed by atoms with Crippen molar-refractivity contribution in [2.45, 2.75) is 19.0 Å². The van der Waals surface area contributed by atoms with Crippen molar-refractivity contribution in [1.82, 2.24) is 20.4 Å². The monoisotopic (exact) mass is 376 g/mol. The van der Waals surface area contributed by atoms with E-state index in [0.29, 0.717) is 23.6 Å². The summed E-state index contributed by atoms with van der Waals surface area (Å²) in [6.07, 6.45) is 3.83. The van der Waals surface area contributed by atoms with Gasteiger partial charge >= 0.3 is 6.03 Å². The molecule has 0 aliphatic carbocycles. The third-order valence-corrected chi connectivity index (χ3v) is 4.85. The fraction of sp³-hybridized carbons (Fsp3) is 0.150. The van der Waals surface area contributed by atoms with E-state index in [-0.39, 0.29) is 12.5 Å². The Morgan fingerprint density at radius 1 is 1.11 bits per heavy atom. The summed E-state index contributed by atoms with van der Waals surface area (Å²) in [5.41, 5.74) is 2.46. The van der Waals surface area contributed by atoms with Crippen molar-refractivity contribution in [3.8, 4) is 11.5 Å². The molecule has 28 heavy (non-hydrogen) atoms. The molecule has 1 saturated heterocycles. The first-order valence-corrected chi connectivity index (χ1v) is 8.85. The number of rotatable bonds is 5. The number of urea groups is 1. The molecule has 1 fully saturated rings. The van der Waals surface area contributed by atoms with Crippen LogP contribution >= 0.6 is 0 Å². The van der Waals surface area contributed by atoms with Crippen molar-refractivity contribution in [2.75, 3.05) is 0 Å². The molecule has 0 bridgehead atoms. The topological polar surface area (TPSA) is 104 Å². The fourth-order valence-corrected chi connectivity index (χ4v) is 3.47. The molecule has 1 atom stereocenters. The van der Waals surface area contributed by atoms with Gasteiger partial charge in [-0.25, -0.2) is 4.79 Å². The van der Waals surface area contributed by atoms with Crippen molar-refractivity contribution >= 4 is 22.8 Å². The molecule has 5 rings (SSSR count). The van der Waals surface area contributed by atoms with Crippen LogP contribution in [0.5, 0.6) is 0 Å². The molecule has 3 amide bonds. The van der Waals surface area contributed by atoms with Gasteiger partial charge in [0.1, 0.15) is 11.7 Å². The van der Waals surface area contributed by atoms with Crippen molar-refractivity contribution in [3.63, 3.8) is 0 Å². The van der Waals surface area contributed by atoms with Gasteiger partial charge in [-0.3, -0.25) is 9.69 Å². The molecule has 0 spiro atoms. The summed E-state index contributed by atoms with van der Waals surface area (Å²) >= 11 is 0. The molecule has 0 unspecified atom stereocenters. The quantitative estimate of drug-likeness (QED) is 0.521. The molecule has 8 heteroatoms. The molecule has 1 aliphatic heterocycles. The van der Waals surface area contributed by atoms with E-state index in [1.807, 2.05) is 30.5 Å². The first kappa shape index (κ1) is 16.4. The average Bonchev–Trinajstić information content (AvgIpc) is 3.48. The summed E-state index contributed by atoms with van der Waals surface area (Å²) in [5, 5.41) is 7.73. The van der Waals surface area contributed by atoms with Crippen LogP contribution in [-0.4, -0.2) is 33.0 Å². The van der Waals surface area contributed by atoms with Crippen molar-refractivity contribution < 1.29 is 18.5 Å². The first-order chi connectivity index (χ1) is 13.7.